The van der Waals surface area contributed by atoms with Gasteiger partial charge in [-0.25, -0.2) is 9.78 Å². The van der Waals surface area contributed by atoms with Gasteiger partial charge in [0, 0.05) is 29.5 Å². The molecule has 0 fully saturated rings. The van der Waals surface area contributed by atoms with Crippen LogP contribution in [0.2, 0.25) is 10.0 Å². The van der Waals surface area contributed by atoms with E-state index >= 15 is 0 Å². The molecule has 0 N–H and O–H groups in total. The Hall–Kier alpha value is -2.30. The summed E-state index contributed by atoms with van der Waals surface area (Å²) in [5.41, 5.74) is 2.28. The van der Waals surface area contributed by atoms with Gasteiger partial charge in [0.1, 0.15) is 5.82 Å². The number of nitrogens with zero attached hydrogens (tertiary/aromatic N) is 2. The lowest BCUT2D eigenvalue weighted by Crippen LogP contribution is -2.05. The van der Waals surface area contributed by atoms with Gasteiger partial charge in [0.15, 0.2) is 0 Å². The molecule has 0 unspecified atom stereocenters. The van der Waals surface area contributed by atoms with Crippen molar-refractivity contribution in [3.63, 3.8) is 0 Å². The summed E-state index contributed by atoms with van der Waals surface area (Å²) >= 11 is 12.2. The molecule has 0 aliphatic heterocycles. The molecule has 0 aliphatic carbocycles. The summed E-state index contributed by atoms with van der Waals surface area (Å²) in [5.74, 6) is 0.378. The molecular weight excluding hydrogens is 347 g/mol. The first-order chi connectivity index (χ1) is 11.6. The SMILES string of the molecule is COC(=O)c1cccc(Cn2ccnc2-c2ccc(Cl)cc2Cl)c1. The highest BCUT2D eigenvalue weighted by Crippen LogP contribution is 2.29. The molecule has 2 aromatic carbocycles. The van der Waals surface area contributed by atoms with Crippen LogP contribution in [0, 0.1) is 0 Å². The Morgan fingerprint density at radius 2 is 2.04 bits per heavy atom. The van der Waals surface area contributed by atoms with Gasteiger partial charge >= 0.3 is 5.97 Å². The number of carbonyl (C=O) groups is 1. The predicted octanol–water partition coefficient (Wildman–Crippen LogP) is 4.69. The van der Waals surface area contributed by atoms with Crippen LogP contribution in [0.15, 0.2) is 54.9 Å². The number of carbonyl (C=O) groups excluding carboxylic acids is 1. The lowest BCUT2D eigenvalue weighted by molar-refractivity contribution is 0.0600. The standard InChI is InChI=1S/C18H14Cl2N2O2/c1-24-18(23)13-4-2-3-12(9-13)11-22-8-7-21-17(22)15-6-5-14(19)10-16(15)20/h2-10H,11H2,1H3. The molecule has 6 heteroatoms. The van der Waals surface area contributed by atoms with Crippen LogP contribution in [0.1, 0.15) is 15.9 Å². The molecule has 122 valence electrons. The molecule has 24 heavy (non-hydrogen) atoms. The molecular formula is C18H14Cl2N2O2. The number of benzene rings is 2. The number of halogens is 2. The van der Waals surface area contributed by atoms with E-state index in [-0.39, 0.29) is 5.97 Å². The van der Waals surface area contributed by atoms with Crippen molar-refractivity contribution in [3.05, 3.63) is 76.0 Å². The van der Waals surface area contributed by atoms with Crippen LogP contribution in [-0.4, -0.2) is 22.6 Å². The van der Waals surface area contributed by atoms with Crippen molar-refractivity contribution < 1.29 is 9.53 Å². The van der Waals surface area contributed by atoms with E-state index in [0.29, 0.717) is 22.2 Å². The number of hydrogen-bond acceptors (Lipinski definition) is 3. The van der Waals surface area contributed by atoms with Crippen molar-refractivity contribution >= 4 is 29.2 Å². The van der Waals surface area contributed by atoms with Crippen LogP contribution in [0.4, 0.5) is 0 Å². The molecule has 0 bridgehead atoms. The molecule has 4 nitrogen and oxygen atoms in total. The van der Waals surface area contributed by atoms with Gasteiger partial charge in [0.25, 0.3) is 0 Å². The molecule has 1 heterocycles. The topological polar surface area (TPSA) is 44.1 Å². The van der Waals surface area contributed by atoms with Gasteiger partial charge in [0.2, 0.25) is 0 Å². The summed E-state index contributed by atoms with van der Waals surface area (Å²) < 4.78 is 6.72. The fraction of sp³-hybridized carbons (Fsp3) is 0.111. The van der Waals surface area contributed by atoms with Gasteiger partial charge in [-0.2, -0.15) is 0 Å². The average Bonchev–Trinajstić information content (AvgIpc) is 3.02. The Morgan fingerprint density at radius 3 is 2.79 bits per heavy atom. The summed E-state index contributed by atoms with van der Waals surface area (Å²) in [6.45, 7) is 0.555. The third kappa shape index (κ3) is 3.45. The molecule has 0 spiro atoms. The van der Waals surface area contributed by atoms with Gasteiger partial charge in [-0.3, -0.25) is 0 Å². The maximum absolute atomic E-state index is 11.7. The minimum atomic E-state index is -0.358. The highest BCUT2D eigenvalue weighted by molar-refractivity contribution is 6.36. The van der Waals surface area contributed by atoms with Gasteiger partial charge in [-0.05, 0) is 35.9 Å². The van der Waals surface area contributed by atoms with Crippen LogP contribution in [0.5, 0.6) is 0 Å². The molecule has 3 rings (SSSR count). The van der Waals surface area contributed by atoms with Gasteiger partial charge < -0.3 is 9.30 Å². The van der Waals surface area contributed by atoms with E-state index in [1.54, 1.807) is 30.5 Å². The maximum atomic E-state index is 11.7. The number of imidazole rings is 1. The second-order valence-corrected chi connectivity index (χ2v) is 6.04. The molecule has 1 aromatic heterocycles. The highest BCUT2D eigenvalue weighted by Gasteiger charge is 2.12. The van der Waals surface area contributed by atoms with E-state index in [0.717, 1.165) is 17.0 Å². The molecule has 3 aromatic rings. The first kappa shape index (κ1) is 16.6. The Kier molecular flexibility index (Phi) is 4.88. The monoisotopic (exact) mass is 360 g/mol. The van der Waals surface area contributed by atoms with Gasteiger partial charge in [0.05, 0.1) is 17.7 Å². The molecule has 0 saturated carbocycles. The van der Waals surface area contributed by atoms with Gasteiger partial charge in [-0.15, -0.1) is 0 Å². The summed E-state index contributed by atoms with van der Waals surface area (Å²) in [5, 5.41) is 1.12. The van der Waals surface area contributed by atoms with Crippen molar-refractivity contribution in [2.45, 2.75) is 6.54 Å². The van der Waals surface area contributed by atoms with Crippen LogP contribution >= 0.6 is 23.2 Å². The quantitative estimate of drug-likeness (QED) is 0.633. The van der Waals surface area contributed by atoms with Crippen molar-refractivity contribution in [2.24, 2.45) is 0 Å². The predicted molar refractivity (Wildman–Crippen MR) is 94.6 cm³/mol. The second kappa shape index (κ2) is 7.07. The molecule has 0 saturated heterocycles. The zero-order chi connectivity index (χ0) is 17.1. The maximum Gasteiger partial charge on any atom is 0.337 e. The van der Waals surface area contributed by atoms with Crippen molar-refractivity contribution in [3.8, 4) is 11.4 Å². The molecule has 0 aliphatic rings. The van der Waals surface area contributed by atoms with Crippen molar-refractivity contribution in [1.29, 1.82) is 0 Å². The third-order valence-corrected chi connectivity index (χ3v) is 4.14. The fourth-order valence-electron chi connectivity index (χ4n) is 2.46. The van der Waals surface area contributed by atoms with Crippen molar-refractivity contribution in [1.82, 2.24) is 9.55 Å². The Morgan fingerprint density at radius 1 is 1.21 bits per heavy atom. The minimum absolute atomic E-state index is 0.358. The fourth-order valence-corrected chi connectivity index (χ4v) is 2.96. The number of hydrogen-bond donors (Lipinski definition) is 0. The second-order valence-electron chi connectivity index (χ2n) is 5.19. The normalized spacial score (nSPS) is 10.6. The van der Waals surface area contributed by atoms with Gasteiger partial charge in [-0.1, -0.05) is 35.3 Å². The van der Waals surface area contributed by atoms with E-state index in [4.69, 9.17) is 27.9 Å². The molecule has 0 amide bonds. The van der Waals surface area contributed by atoms with E-state index in [9.17, 15) is 4.79 Å². The lowest BCUT2D eigenvalue weighted by Gasteiger charge is -2.10. The number of esters is 1. The number of aromatic nitrogens is 2. The first-order valence-corrected chi connectivity index (χ1v) is 7.98. The lowest BCUT2D eigenvalue weighted by atomic mass is 10.1. The summed E-state index contributed by atoms with van der Waals surface area (Å²) in [7, 11) is 1.37. The van der Waals surface area contributed by atoms with Crippen molar-refractivity contribution in [2.75, 3.05) is 7.11 Å². The smallest absolute Gasteiger partial charge is 0.337 e. The van der Waals surface area contributed by atoms with E-state index in [1.807, 2.05) is 29.0 Å². The largest absolute Gasteiger partial charge is 0.465 e. The summed E-state index contributed by atoms with van der Waals surface area (Å²) in [6, 6.07) is 12.6. The van der Waals surface area contributed by atoms with E-state index < -0.39 is 0 Å². The summed E-state index contributed by atoms with van der Waals surface area (Å²) in [4.78, 5) is 16.1. The zero-order valence-electron chi connectivity index (χ0n) is 12.9. The number of rotatable bonds is 4. The minimum Gasteiger partial charge on any atom is -0.465 e. The van der Waals surface area contributed by atoms with E-state index in [2.05, 4.69) is 4.98 Å². The Bertz CT molecular complexity index is 890. The summed E-state index contributed by atoms with van der Waals surface area (Å²) in [6.07, 6.45) is 3.58. The molecule has 0 radical (unpaired) electrons. The number of ether oxygens (including phenoxy) is 1. The van der Waals surface area contributed by atoms with Crippen LogP contribution < -0.4 is 0 Å². The third-order valence-electron chi connectivity index (χ3n) is 3.59. The van der Waals surface area contributed by atoms with Crippen LogP contribution in [0.25, 0.3) is 11.4 Å². The average molecular weight is 361 g/mol. The van der Waals surface area contributed by atoms with Crippen LogP contribution in [-0.2, 0) is 11.3 Å². The highest BCUT2D eigenvalue weighted by atomic mass is 35.5. The first-order valence-electron chi connectivity index (χ1n) is 7.22. The zero-order valence-corrected chi connectivity index (χ0v) is 14.4. The van der Waals surface area contributed by atoms with E-state index in [1.165, 1.54) is 7.11 Å². The van der Waals surface area contributed by atoms with Crippen LogP contribution in [0.3, 0.4) is 0 Å². The molecule has 0 atom stereocenters. The Balaban J connectivity index is 1.93. The Labute approximate surface area is 149 Å². The number of methoxy groups -OCH3 is 1.